The number of piperidine rings is 1. The molecule has 186 valence electrons. The number of carbonyl (C=O) groups excluding carboxylic acids is 2. The maximum atomic E-state index is 13.4. The minimum Gasteiger partial charge on any atom is -0.481 e. The van der Waals surface area contributed by atoms with Crippen molar-refractivity contribution >= 4 is 18.0 Å². The van der Waals surface area contributed by atoms with Crippen molar-refractivity contribution in [2.45, 2.75) is 64.0 Å². The summed E-state index contributed by atoms with van der Waals surface area (Å²) >= 11 is 0. The van der Waals surface area contributed by atoms with Crippen LogP contribution in [0.3, 0.4) is 0 Å². The molecule has 2 aromatic rings. The van der Waals surface area contributed by atoms with Crippen molar-refractivity contribution in [1.82, 2.24) is 10.2 Å². The fourth-order valence-corrected chi connectivity index (χ4v) is 5.33. The number of benzene rings is 2. The fourth-order valence-electron chi connectivity index (χ4n) is 5.33. The minimum absolute atomic E-state index is 0.0262. The molecular formula is C28H34N2O5. The summed E-state index contributed by atoms with van der Waals surface area (Å²) in [6.45, 7) is 4.88. The van der Waals surface area contributed by atoms with Gasteiger partial charge in [0.25, 0.3) is 0 Å². The number of carbonyl (C=O) groups is 3. The number of nitrogens with one attached hydrogen (secondary N) is 1. The molecule has 7 heteroatoms. The van der Waals surface area contributed by atoms with E-state index in [2.05, 4.69) is 24.4 Å². The van der Waals surface area contributed by atoms with Gasteiger partial charge in [0.15, 0.2) is 0 Å². The van der Waals surface area contributed by atoms with E-state index in [4.69, 9.17) is 4.74 Å². The van der Waals surface area contributed by atoms with Gasteiger partial charge in [-0.05, 0) is 54.4 Å². The second-order valence-corrected chi connectivity index (χ2v) is 9.65. The third-order valence-electron chi connectivity index (χ3n) is 7.42. The standard InChI is InChI=1S/C28H34N2O5/c1-3-19-13-12-18(2)30(16-19)27(33)25(14-15-26(31)32)29-28(34)35-17-24-22-10-6-4-8-20(22)21-9-5-7-11-23(21)24/h4-11,18-19,24-25H,3,12-17H2,1-2H3,(H,29,34)(H,31,32)/t18-,19+,25?/m0/s1. The van der Waals surface area contributed by atoms with Crippen molar-refractivity contribution in [3.8, 4) is 11.1 Å². The molecule has 2 N–H and O–H groups in total. The molecule has 2 aliphatic rings. The van der Waals surface area contributed by atoms with Gasteiger partial charge in [0.05, 0.1) is 0 Å². The molecule has 1 aliphatic heterocycles. The van der Waals surface area contributed by atoms with E-state index >= 15 is 0 Å². The number of fused-ring (bicyclic) bond motifs is 3. The first-order chi connectivity index (χ1) is 16.9. The average molecular weight is 479 g/mol. The highest BCUT2D eigenvalue weighted by Crippen LogP contribution is 2.44. The molecule has 35 heavy (non-hydrogen) atoms. The molecule has 3 atom stereocenters. The Hall–Kier alpha value is -3.35. The van der Waals surface area contributed by atoms with Crippen LogP contribution < -0.4 is 5.32 Å². The summed E-state index contributed by atoms with van der Waals surface area (Å²) in [4.78, 5) is 39.2. The molecule has 0 radical (unpaired) electrons. The Bertz CT molecular complexity index is 1040. The number of hydrogen-bond acceptors (Lipinski definition) is 4. The van der Waals surface area contributed by atoms with Gasteiger partial charge in [-0.2, -0.15) is 0 Å². The van der Waals surface area contributed by atoms with Gasteiger partial charge in [0, 0.05) is 24.9 Å². The molecule has 0 bridgehead atoms. The summed E-state index contributed by atoms with van der Waals surface area (Å²) in [6, 6.07) is 15.3. The van der Waals surface area contributed by atoms with E-state index in [1.54, 1.807) is 4.90 Å². The van der Waals surface area contributed by atoms with E-state index in [0.29, 0.717) is 12.5 Å². The van der Waals surface area contributed by atoms with Crippen molar-refractivity contribution in [2.24, 2.45) is 5.92 Å². The smallest absolute Gasteiger partial charge is 0.407 e. The first-order valence-electron chi connectivity index (χ1n) is 12.5. The number of ether oxygens (including phenoxy) is 1. The van der Waals surface area contributed by atoms with Crippen LogP contribution in [0.5, 0.6) is 0 Å². The highest BCUT2D eigenvalue weighted by atomic mass is 16.5. The minimum atomic E-state index is -1.00. The Morgan fingerprint density at radius 2 is 1.69 bits per heavy atom. The molecule has 1 heterocycles. The average Bonchev–Trinajstić information content (AvgIpc) is 3.18. The molecule has 0 saturated carbocycles. The van der Waals surface area contributed by atoms with Gasteiger partial charge in [0.2, 0.25) is 5.91 Å². The van der Waals surface area contributed by atoms with Crippen LogP contribution in [0.15, 0.2) is 48.5 Å². The lowest BCUT2D eigenvalue weighted by molar-refractivity contribution is -0.139. The molecule has 2 amide bonds. The van der Waals surface area contributed by atoms with E-state index in [-0.39, 0.29) is 37.3 Å². The summed E-state index contributed by atoms with van der Waals surface area (Å²) in [6.07, 6.45) is 2.07. The third-order valence-corrected chi connectivity index (χ3v) is 7.42. The Balaban J connectivity index is 1.44. The van der Waals surface area contributed by atoms with Crippen LogP contribution in [-0.4, -0.2) is 53.2 Å². The molecule has 0 spiro atoms. The fraction of sp³-hybridized carbons (Fsp3) is 0.464. The molecule has 4 rings (SSSR count). The molecule has 7 nitrogen and oxygen atoms in total. The maximum absolute atomic E-state index is 13.4. The third kappa shape index (κ3) is 5.50. The second kappa shape index (κ2) is 10.9. The number of carboxylic acids is 1. The van der Waals surface area contributed by atoms with Gasteiger partial charge in [-0.3, -0.25) is 9.59 Å². The van der Waals surface area contributed by atoms with Crippen molar-refractivity contribution in [1.29, 1.82) is 0 Å². The van der Waals surface area contributed by atoms with E-state index in [1.165, 1.54) is 0 Å². The Morgan fingerprint density at radius 1 is 1.06 bits per heavy atom. The van der Waals surface area contributed by atoms with E-state index in [9.17, 15) is 19.5 Å². The van der Waals surface area contributed by atoms with Crippen LogP contribution in [0, 0.1) is 5.92 Å². The predicted molar refractivity (Wildman–Crippen MR) is 133 cm³/mol. The lowest BCUT2D eigenvalue weighted by Crippen LogP contribution is -2.54. The number of carboxylic acid groups (broad SMARTS) is 1. The highest BCUT2D eigenvalue weighted by Gasteiger charge is 2.34. The number of alkyl carbamates (subject to hydrolysis) is 1. The summed E-state index contributed by atoms with van der Waals surface area (Å²) < 4.78 is 5.62. The number of likely N-dealkylation sites (tertiary alicyclic amines) is 1. The number of aliphatic carboxylic acids is 1. The van der Waals surface area contributed by atoms with Crippen molar-refractivity contribution in [2.75, 3.05) is 13.2 Å². The Morgan fingerprint density at radius 3 is 2.29 bits per heavy atom. The first-order valence-corrected chi connectivity index (χ1v) is 12.5. The normalized spacial score (nSPS) is 20.0. The van der Waals surface area contributed by atoms with Gasteiger partial charge in [-0.25, -0.2) is 4.79 Å². The van der Waals surface area contributed by atoms with Gasteiger partial charge < -0.3 is 20.1 Å². The monoisotopic (exact) mass is 478 g/mol. The van der Waals surface area contributed by atoms with E-state index in [0.717, 1.165) is 41.5 Å². The number of hydrogen-bond donors (Lipinski definition) is 2. The zero-order valence-corrected chi connectivity index (χ0v) is 20.4. The van der Waals surface area contributed by atoms with Crippen LogP contribution >= 0.6 is 0 Å². The second-order valence-electron chi connectivity index (χ2n) is 9.65. The Labute approximate surface area is 206 Å². The Kier molecular flexibility index (Phi) is 7.73. The predicted octanol–water partition coefficient (Wildman–Crippen LogP) is 4.80. The lowest BCUT2D eigenvalue weighted by atomic mass is 9.91. The molecule has 1 unspecified atom stereocenters. The zero-order chi connectivity index (χ0) is 24.9. The summed E-state index contributed by atoms with van der Waals surface area (Å²) in [5, 5.41) is 11.9. The highest BCUT2D eigenvalue weighted by molar-refractivity contribution is 5.86. The maximum Gasteiger partial charge on any atom is 0.407 e. The first kappa shape index (κ1) is 24.8. The molecule has 0 aromatic heterocycles. The number of nitrogens with zero attached hydrogens (tertiary/aromatic N) is 1. The molecule has 1 aliphatic carbocycles. The molecule has 1 saturated heterocycles. The number of rotatable bonds is 8. The van der Waals surface area contributed by atoms with Crippen molar-refractivity contribution in [3.05, 3.63) is 59.7 Å². The summed E-state index contributed by atoms with van der Waals surface area (Å²) in [5.41, 5.74) is 4.48. The van der Waals surface area contributed by atoms with Crippen LogP contribution in [0.1, 0.15) is 63.0 Å². The van der Waals surface area contributed by atoms with Crippen LogP contribution in [0.2, 0.25) is 0 Å². The van der Waals surface area contributed by atoms with E-state index in [1.807, 2.05) is 43.3 Å². The van der Waals surface area contributed by atoms with Gasteiger partial charge in [0.1, 0.15) is 12.6 Å². The van der Waals surface area contributed by atoms with Gasteiger partial charge >= 0.3 is 12.1 Å². The van der Waals surface area contributed by atoms with Crippen LogP contribution in [0.25, 0.3) is 11.1 Å². The largest absolute Gasteiger partial charge is 0.481 e. The lowest BCUT2D eigenvalue weighted by Gasteiger charge is -2.39. The van der Waals surface area contributed by atoms with Crippen molar-refractivity contribution in [3.63, 3.8) is 0 Å². The zero-order valence-electron chi connectivity index (χ0n) is 20.4. The van der Waals surface area contributed by atoms with E-state index < -0.39 is 18.1 Å². The number of amides is 2. The van der Waals surface area contributed by atoms with Crippen molar-refractivity contribution < 1.29 is 24.2 Å². The summed E-state index contributed by atoms with van der Waals surface area (Å²) in [5.74, 6) is -0.904. The topological polar surface area (TPSA) is 95.9 Å². The van der Waals surface area contributed by atoms with Crippen LogP contribution in [0.4, 0.5) is 4.79 Å². The van der Waals surface area contributed by atoms with Gasteiger partial charge in [-0.1, -0.05) is 61.9 Å². The molecule has 2 aromatic carbocycles. The molecular weight excluding hydrogens is 444 g/mol. The quantitative estimate of drug-likeness (QED) is 0.568. The van der Waals surface area contributed by atoms with Crippen LogP contribution in [-0.2, 0) is 14.3 Å². The summed E-state index contributed by atoms with van der Waals surface area (Å²) in [7, 11) is 0. The van der Waals surface area contributed by atoms with Gasteiger partial charge in [-0.15, -0.1) is 0 Å². The SMILES string of the molecule is CC[C@@H]1CC[C@H](C)N(C(=O)C(CCC(=O)O)NC(=O)OCC2c3ccccc3-c3ccccc32)C1. The molecule has 1 fully saturated rings.